The standard InChI is InChI=1S/C32H44N2.2ClH/c1-2-33-15-17-34(18-16-33)14-6-7-25-10-12-30(13-11-25)31(29-8-4-3-5-9-29)32-22-26-19-27(23-32)21-28(20-26)24-32;;/h3-5,8-13,26-28,31H,2,6-7,14-24H2,1H3;2*1H. The number of likely N-dealkylation sites (N-methyl/N-ethyl adjacent to an activating group) is 1. The second-order valence-corrected chi connectivity index (χ2v) is 12.2. The molecule has 1 atom stereocenters. The highest BCUT2D eigenvalue weighted by Gasteiger charge is 2.54. The third-order valence-electron chi connectivity index (χ3n) is 10.00. The molecular weight excluding hydrogens is 483 g/mol. The molecule has 2 aromatic carbocycles. The van der Waals surface area contributed by atoms with E-state index in [1.165, 1.54) is 96.2 Å². The van der Waals surface area contributed by atoms with Gasteiger partial charge in [0.1, 0.15) is 0 Å². The number of hydrogen-bond acceptors (Lipinski definition) is 2. The van der Waals surface area contributed by atoms with Crippen molar-refractivity contribution in [2.24, 2.45) is 23.2 Å². The summed E-state index contributed by atoms with van der Waals surface area (Å²) in [6.07, 6.45) is 11.4. The average Bonchev–Trinajstić information content (AvgIpc) is 2.85. The van der Waals surface area contributed by atoms with Crippen molar-refractivity contribution in [3.05, 3.63) is 71.3 Å². The SMILES string of the molecule is CCN1CCN(CCCc2ccc(C(c3ccccc3)C34CC5CC(CC(C5)C3)C4)cc2)CC1.Cl.Cl. The maximum absolute atomic E-state index is 2.67. The minimum absolute atomic E-state index is 0. The van der Waals surface area contributed by atoms with Crippen molar-refractivity contribution in [1.82, 2.24) is 9.80 Å². The molecule has 1 heterocycles. The van der Waals surface area contributed by atoms with Crippen LogP contribution >= 0.6 is 24.8 Å². The highest BCUT2D eigenvalue weighted by Crippen LogP contribution is 2.65. The first-order valence-electron chi connectivity index (χ1n) is 14.3. The van der Waals surface area contributed by atoms with Crippen LogP contribution in [-0.4, -0.2) is 49.1 Å². The minimum atomic E-state index is 0. The Balaban J connectivity index is 0.00000152. The lowest BCUT2D eigenvalue weighted by Gasteiger charge is -2.60. The van der Waals surface area contributed by atoms with Crippen molar-refractivity contribution in [3.63, 3.8) is 0 Å². The van der Waals surface area contributed by atoms with E-state index in [-0.39, 0.29) is 24.8 Å². The third kappa shape index (κ3) is 5.83. The molecule has 0 spiro atoms. The first-order valence-corrected chi connectivity index (χ1v) is 14.3. The molecule has 198 valence electrons. The Morgan fingerprint density at radius 3 is 1.81 bits per heavy atom. The van der Waals surface area contributed by atoms with Crippen LogP contribution in [0.1, 0.15) is 74.5 Å². The molecule has 4 bridgehead atoms. The van der Waals surface area contributed by atoms with Crippen molar-refractivity contribution in [1.29, 1.82) is 0 Å². The fourth-order valence-corrected chi connectivity index (χ4v) is 8.79. The highest BCUT2D eigenvalue weighted by atomic mass is 35.5. The van der Waals surface area contributed by atoms with Gasteiger partial charge in [0.15, 0.2) is 0 Å². The second kappa shape index (κ2) is 12.2. The number of aryl methyl sites for hydroxylation is 1. The molecule has 5 fully saturated rings. The van der Waals surface area contributed by atoms with E-state index in [2.05, 4.69) is 71.3 Å². The van der Waals surface area contributed by atoms with Gasteiger partial charge >= 0.3 is 0 Å². The van der Waals surface area contributed by atoms with Gasteiger partial charge in [-0.15, -0.1) is 24.8 Å². The second-order valence-electron chi connectivity index (χ2n) is 12.2. The first kappa shape index (κ1) is 28.0. The molecule has 0 radical (unpaired) electrons. The molecule has 5 aliphatic rings. The smallest absolute Gasteiger partial charge is 0.0146 e. The van der Waals surface area contributed by atoms with E-state index < -0.39 is 0 Å². The molecule has 2 aromatic rings. The van der Waals surface area contributed by atoms with Crippen molar-refractivity contribution in [2.45, 2.75) is 64.2 Å². The van der Waals surface area contributed by atoms with Gasteiger partial charge in [0, 0.05) is 32.1 Å². The molecule has 0 aromatic heterocycles. The molecule has 1 aliphatic heterocycles. The lowest BCUT2D eigenvalue weighted by atomic mass is 9.45. The van der Waals surface area contributed by atoms with Gasteiger partial charge in [-0.25, -0.2) is 0 Å². The third-order valence-corrected chi connectivity index (χ3v) is 10.00. The summed E-state index contributed by atoms with van der Waals surface area (Å²) in [6, 6.07) is 21.5. The first-order chi connectivity index (χ1) is 16.7. The van der Waals surface area contributed by atoms with Gasteiger partial charge in [-0.2, -0.15) is 0 Å². The van der Waals surface area contributed by atoms with E-state index in [9.17, 15) is 0 Å². The predicted octanol–water partition coefficient (Wildman–Crippen LogP) is 7.45. The summed E-state index contributed by atoms with van der Waals surface area (Å²) in [7, 11) is 0. The number of hydrogen-bond donors (Lipinski definition) is 0. The number of nitrogens with zero attached hydrogens (tertiary/aromatic N) is 2. The maximum atomic E-state index is 2.67. The molecule has 0 amide bonds. The normalized spacial score (nSPS) is 30.4. The van der Waals surface area contributed by atoms with Gasteiger partial charge in [-0.1, -0.05) is 61.5 Å². The summed E-state index contributed by atoms with van der Waals surface area (Å²) >= 11 is 0. The molecular formula is C32H46Cl2N2. The Bertz CT molecular complexity index is 901. The van der Waals surface area contributed by atoms with E-state index >= 15 is 0 Å². The summed E-state index contributed by atoms with van der Waals surface area (Å²) in [5.41, 5.74) is 5.16. The van der Waals surface area contributed by atoms with Crippen molar-refractivity contribution in [3.8, 4) is 0 Å². The Morgan fingerprint density at radius 2 is 1.25 bits per heavy atom. The summed E-state index contributed by atoms with van der Waals surface area (Å²) in [4.78, 5) is 5.24. The van der Waals surface area contributed by atoms with Crippen LogP contribution in [0.5, 0.6) is 0 Å². The zero-order valence-electron chi connectivity index (χ0n) is 22.1. The molecule has 7 rings (SSSR count). The van der Waals surface area contributed by atoms with Crippen LogP contribution in [-0.2, 0) is 6.42 Å². The van der Waals surface area contributed by atoms with Gasteiger partial charge in [0.05, 0.1) is 0 Å². The molecule has 4 aliphatic carbocycles. The van der Waals surface area contributed by atoms with Gasteiger partial charge < -0.3 is 9.80 Å². The van der Waals surface area contributed by atoms with Crippen molar-refractivity contribution < 1.29 is 0 Å². The van der Waals surface area contributed by atoms with Crippen molar-refractivity contribution in [2.75, 3.05) is 39.3 Å². The number of benzene rings is 2. The molecule has 4 saturated carbocycles. The van der Waals surface area contributed by atoms with Crippen LogP contribution in [0, 0.1) is 23.2 Å². The van der Waals surface area contributed by atoms with E-state index in [1.54, 1.807) is 11.1 Å². The molecule has 0 N–H and O–H groups in total. The van der Waals surface area contributed by atoms with E-state index in [4.69, 9.17) is 0 Å². The zero-order valence-corrected chi connectivity index (χ0v) is 23.7. The summed E-state index contributed by atoms with van der Waals surface area (Å²) < 4.78 is 0. The number of halogens is 2. The lowest BCUT2D eigenvalue weighted by Crippen LogP contribution is -2.49. The van der Waals surface area contributed by atoms with Gasteiger partial charge in [0.25, 0.3) is 0 Å². The van der Waals surface area contributed by atoms with Crippen LogP contribution in [0.25, 0.3) is 0 Å². The van der Waals surface area contributed by atoms with Crippen LogP contribution in [0.2, 0.25) is 0 Å². The molecule has 1 saturated heterocycles. The Hall–Kier alpha value is -1.06. The molecule has 1 unspecified atom stereocenters. The minimum Gasteiger partial charge on any atom is -0.301 e. The van der Waals surface area contributed by atoms with Crippen molar-refractivity contribution >= 4 is 24.8 Å². The monoisotopic (exact) mass is 528 g/mol. The van der Waals surface area contributed by atoms with E-state index in [0.717, 1.165) is 17.8 Å². The molecule has 2 nitrogen and oxygen atoms in total. The largest absolute Gasteiger partial charge is 0.301 e. The summed E-state index contributed by atoms with van der Waals surface area (Å²) in [5.74, 6) is 3.56. The zero-order chi connectivity index (χ0) is 23.0. The summed E-state index contributed by atoms with van der Waals surface area (Å²) in [6.45, 7) is 9.72. The highest BCUT2D eigenvalue weighted by molar-refractivity contribution is 5.85. The van der Waals surface area contributed by atoms with Gasteiger partial charge in [0.2, 0.25) is 0 Å². The van der Waals surface area contributed by atoms with E-state index in [0.29, 0.717) is 11.3 Å². The fourth-order valence-electron chi connectivity index (χ4n) is 8.79. The van der Waals surface area contributed by atoms with Gasteiger partial charge in [-0.3, -0.25) is 0 Å². The maximum Gasteiger partial charge on any atom is 0.0146 e. The Labute approximate surface area is 232 Å². The van der Waals surface area contributed by atoms with Crippen LogP contribution in [0.4, 0.5) is 0 Å². The average molecular weight is 530 g/mol. The molecule has 36 heavy (non-hydrogen) atoms. The Morgan fingerprint density at radius 1 is 0.722 bits per heavy atom. The predicted molar refractivity (Wildman–Crippen MR) is 157 cm³/mol. The topological polar surface area (TPSA) is 6.48 Å². The van der Waals surface area contributed by atoms with Crippen LogP contribution in [0.3, 0.4) is 0 Å². The summed E-state index contributed by atoms with van der Waals surface area (Å²) in [5, 5.41) is 0. The van der Waals surface area contributed by atoms with Crippen LogP contribution in [0.15, 0.2) is 54.6 Å². The molecule has 4 heteroatoms. The fraction of sp³-hybridized carbons (Fsp3) is 0.625. The number of piperazine rings is 1. The van der Waals surface area contributed by atoms with E-state index in [1.807, 2.05) is 0 Å². The number of rotatable bonds is 8. The van der Waals surface area contributed by atoms with Gasteiger partial charge in [-0.05, 0) is 104 Å². The van der Waals surface area contributed by atoms with Crippen LogP contribution < -0.4 is 0 Å². The lowest BCUT2D eigenvalue weighted by molar-refractivity contribution is -0.0618. The Kier molecular flexibility index (Phi) is 9.48. The quantitative estimate of drug-likeness (QED) is 0.351.